The van der Waals surface area contributed by atoms with E-state index in [0.29, 0.717) is 17.2 Å². The number of benzene rings is 3. The van der Waals surface area contributed by atoms with Gasteiger partial charge in [-0.15, -0.1) is 0 Å². The highest BCUT2D eigenvalue weighted by Crippen LogP contribution is 2.36. The molecule has 0 aliphatic carbocycles. The van der Waals surface area contributed by atoms with Crippen LogP contribution in [0.2, 0.25) is 0 Å². The number of rotatable bonds is 8. The molecule has 0 aliphatic heterocycles. The summed E-state index contributed by atoms with van der Waals surface area (Å²) < 4.78 is 88.3. The van der Waals surface area contributed by atoms with Crippen LogP contribution in [0.3, 0.4) is 0 Å². The molecule has 0 aromatic heterocycles. The maximum absolute atomic E-state index is 13.0. The van der Waals surface area contributed by atoms with Gasteiger partial charge in [0.15, 0.2) is 6.61 Å². The van der Waals surface area contributed by atoms with Crippen LogP contribution >= 0.6 is 0 Å². The van der Waals surface area contributed by atoms with Gasteiger partial charge in [0, 0.05) is 5.69 Å². The molecule has 0 unspecified atom stereocenters. The number of carbonyl (C=O) groups excluding carboxylic acids is 2. The summed E-state index contributed by atoms with van der Waals surface area (Å²) in [5, 5.41) is 2.41. The van der Waals surface area contributed by atoms with Crippen molar-refractivity contribution in [1.82, 2.24) is 0 Å². The molecule has 3 aromatic carbocycles. The topological polar surface area (TPSA) is 64.6 Å². The minimum atomic E-state index is -5.13. The van der Waals surface area contributed by atoms with Crippen molar-refractivity contribution in [2.45, 2.75) is 45.0 Å². The van der Waals surface area contributed by atoms with Gasteiger partial charge in [0.2, 0.25) is 0 Å². The van der Waals surface area contributed by atoms with Crippen molar-refractivity contribution in [2.75, 3.05) is 11.9 Å². The molecule has 0 saturated heterocycles. The zero-order valence-electron chi connectivity index (χ0n) is 21.2. The van der Waals surface area contributed by atoms with E-state index in [9.17, 15) is 35.9 Å². The second-order valence-corrected chi connectivity index (χ2v) is 9.31. The monoisotopic (exact) mass is 553 g/mol. The molecule has 0 spiro atoms. The standard InChI is InChI=1S/C28H25F6NO4/c1-4-26(2,3)18-5-9-22(10-6-18)39-23-11-7-21(8-12-23)35-24(36)16-38-25(37)17-13-19(27(29,30)31)15-20(14-17)28(32,33)34/h5-15H,4,16H2,1-3H3,(H,35,36). The Balaban J connectivity index is 1.58. The first-order valence-corrected chi connectivity index (χ1v) is 11.7. The van der Waals surface area contributed by atoms with Crippen LogP contribution in [0.5, 0.6) is 11.5 Å². The first-order chi connectivity index (χ1) is 18.1. The minimum Gasteiger partial charge on any atom is -0.457 e. The highest BCUT2D eigenvalue weighted by molar-refractivity contribution is 5.95. The lowest BCUT2D eigenvalue weighted by atomic mass is 9.82. The molecule has 0 radical (unpaired) electrons. The van der Waals surface area contributed by atoms with Gasteiger partial charge in [-0.3, -0.25) is 4.79 Å². The molecule has 0 saturated carbocycles. The van der Waals surface area contributed by atoms with Gasteiger partial charge >= 0.3 is 18.3 Å². The summed E-state index contributed by atoms with van der Waals surface area (Å²) in [5.74, 6) is -1.28. The summed E-state index contributed by atoms with van der Waals surface area (Å²) in [6.07, 6.45) is -9.28. The number of hydrogen-bond acceptors (Lipinski definition) is 4. The summed E-state index contributed by atoms with van der Waals surface area (Å²) in [6, 6.07) is 14.2. The molecule has 0 aliphatic rings. The zero-order chi connectivity index (χ0) is 29.0. The molecular weight excluding hydrogens is 528 g/mol. The van der Waals surface area contributed by atoms with Crippen LogP contribution in [-0.4, -0.2) is 18.5 Å². The molecule has 3 rings (SSSR count). The van der Waals surface area contributed by atoms with E-state index in [1.54, 1.807) is 12.1 Å². The maximum atomic E-state index is 13.0. The zero-order valence-corrected chi connectivity index (χ0v) is 21.2. The van der Waals surface area contributed by atoms with Crippen LogP contribution < -0.4 is 10.1 Å². The number of nitrogens with one attached hydrogen (secondary N) is 1. The second-order valence-electron chi connectivity index (χ2n) is 9.31. The van der Waals surface area contributed by atoms with E-state index < -0.39 is 47.5 Å². The summed E-state index contributed by atoms with van der Waals surface area (Å²) in [5.41, 5.74) is -2.83. The molecule has 0 bridgehead atoms. The summed E-state index contributed by atoms with van der Waals surface area (Å²) in [4.78, 5) is 24.3. The Morgan fingerprint density at radius 1 is 0.744 bits per heavy atom. The average molecular weight is 553 g/mol. The van der Waals surface area contributed by atoms with E-state index in [4.69, 9.17) is 4.74 Å². The van der Waals surface area contributed by atoms with Crippen LogP contribution in [0.1, 0.15) is 54.2 Å². The van der Waals surface area contributed by atoms with Crippen LogP contribution in [0, 0.1) is 0 Å². The number of halogens is 6. The molecular formula is C28H25F6NO4. The van der Waals surface area contributed by atoms with E-state index >= 15 is 0 Å². The average Bonchev–Trinajstić information content (AvgIpc) is 2.87. The van der Waals surface area contributed by atoms with Gasteiger partial charge < -0.3 is 14.8 Å². The van der Waals surface area contributed by atoms with E-state index in [-0.39, 0.29) is 23.6 Å². The minimum absolute atomic E-state index is 0.0336. The highest BCUT2D eigenvalue weighted by Gasteiger charge is 2.37. The van der Waals surface area contributed by atoms with Gasteiger partial charge in [-0.2, -0.15) is 26.3 Å². The van der Waals surface area contributed by atoms with Crippen molar-refractivity contribution in [3.05, 3.63) is 89.0 Å². The largest absolute Gasteiger partial charge is 0.457 e. The Labute approximate surface area is 220 Å². The van der Waals surface area contributed by atoms with Gasteiger partial charge in [0.25, 0.3) is 5.91 Å². The number of carbonyl (C=O) groups is 2. The van der Waals surface area contributed by atoms with Gasteiger partial charge in [-0.1, -0.05) is 32.9 Å². The predicted molar refractivity (Wildman–Crippen MR) is 132 cm³/mol. The number of alkyl halides is 6. The number of amides is 1. The van der Waals surface area contributed by atoms with Crippen molar-refractivity contribution in [3.8, 4) is 11.5 Å². The van der Waals surface area contributed by atoms with Gasteiger partial charge in [-0.25, -0.2) is 4.79 Å². The number of esters is 1. The Kier molecular flexibility index (Phi) is 8.62. The Bertz CT molecular complexity index is 1280. The fourth-order valence-corrected chi connectivity index (χ4v) is 3.40. The summed E-state index contributed by atoms with van der Waals surface area (Å²) >= 11 is 0. The Hall–Kier alpha value is -4.02. The molecule has 208 valence electrons. The lowest BCUT2D eigenvalue weighted by Gasteiger charge is -2.23. The summed E-state index contributed by atoms with van der Waals surface area (Å²) in [7, 11) is 0. The van der Waals surface area contributed by atoms with E-state index in [0.717, 1.165) is 6.42 Å². The maximum Gasteiger partial charge on any atom is 0.416 e. The molecule has 5 nitrogen and oxygen atoms in total. The second kappa shape index (κ2) is 11.4. The van der Waals surface area contributed by atoms with Crippen LogP contribution in [-0.2, 0) is 27.3 Å². The van der Waals surface area contributed by atoms with Crippen molar-refractivity contribution >= 4 is 17.6 Å². The molecule has 0 heterocycles. The number of anilines is 1. The third-order valence-electron chi connectivity index (χ3n) is 6.05. The number of hydrogen-bond donors (Lipinski definition) is 1. The lowest BCUT2D eigenvalue weighted by Crippen LogP contribution is -2.21. The SMILES string of the molecule is CCC(C)(C)c1ccc(Oc2ccc(NC(=O)COC(=O)c3cc(C(F)(F)F)cc(C(F)(F)F)c3)cc2)cc1. The fraction of sp³-hybridized carbons (Fsp3) is 0.286. The van der Waals surface area contributed by atoms with E-state index in [2.05, 4.69) is 30.8 Å². The van der Waals surface area contributed by atoms with Gasteiger partial charge in [0.1, 0.15) is 11.5 Å². The van der Waals surface area contributed by atoms with Crippen molar-refractivity contribution in [3.63, 3.8) is 0 Å². The summed E-state index contributed by atoms with van der Waals surface area (Å²) in [6.45, 7) is 5.46. The Morgan fingerprint density at radius 2 is 1.23 bits per heavy atom. The predicted octanol–water partition coefficient (Wildman–Crippen LogP) is 8.00. The smallest absolute Gasteiger partial charge is 0.416 e. The highest BCUT2D eigenvalue weighted by atomic mass is 19.4. The van der Waals surface area contributed by atoms with Crippen molar-refractivity contribution in [2.24, 2.45) is 0 Å². The normalized spacial score (nSPS) is 12.1. The third-order valence-corrected chi connectivity index (χ3v) is 6.05. The van der Waals surface area contributed by atoms with Crippen LogP contribution in [0.4, 0.5) is 32.0 Å². The Morgan fingerprint density at radius 3 is 1.69 bits per heavy atom. The van der Waals surface area contributed by atoms with Gasteiger partial charge in [-0.05, 0) is 72.0 Å². The lowest BCUT2D eigenvalue weighted by molar-refractivity contribution is -0.143. The fourth-order valence-electron chi connectivity index (χ4n) is 3.40. The number of ether oxygens (including phenoxy) is 2. The van der Waals surface area contributed by atoms with E-state index in [1.807, 2.05) is 24.3 Å². The molecule has 1 N–H and O–H groups in total. The van der Waals surface area contributed by atoms with Crippen LogP contribution in [0.25, 0.3) is 0 Å². The van der Waals surface area contributed by atoms with Gasteiger partial charge in [0.05, 0.1) is 16.7 Å². The third kappa shape index (κ3) is 7.98. The first-order valence-electron chi connectivity index (χ1n) is 11.7. The molecule has 1 amide bonds. The van der Waals surface area contributed by atoms with Crippen molar-refractivity contribution < 1.29 is 45.4 Å². The molecule has 3 aromatic rings. The van der Waals surface area contributed by atoms with E-state index in [1.165, 1.54) is 17.7 Å². The molecule has 0 atom stereocenters. The first kappa shape index (κ1) is 29.5. The molecule has 0 fully saturated rings. The van der Waals surface area contributed by atoms with Crippen molar-refractivity contribution in [1.29, 1.82) is 0 Å². The quantitative estimate of drug-likeness (QED) is 0.227. The molecule has 39 heavy (non-hydrogen) atoms. The van der Waals surface area contributed by atoms with Crippen LogP contribution in [0.15, 0.2) is 66.7 Å². The molecule has 11 heteroatoms.